The topological polar surface area (TPSA) is 12.5 Å². The van der Waals surface area contributed by atoms with Gasteiger partial charge in [-0.15, -0.1) is 11.3 Å². The van der Waals surface area contributed by atoms with Crippen LogP contribution in [0.25, 0.3) is 10.1 Å². The largest absolute Gasteiger partial charge is 0.364 e. The summed E-state index contributed by atoms with van der Waals surface area (Å²) in [5.74, 6) is 0. The highest BCUT2D eigenvalue weighted by Crippen LogP contribution is 2.31. The molecular formula is C11H13NOS. The Balaban J connectivity index is 2.42. The van der Waals surface area contributed by atoms with Crippen molar-refractivity contribution in [3.8, 4) is 0 Å². The van der Waals surface area contributed by atoms with Crippen LogP contribution in [-0.2, 0) is 4.74 Å². The van der Waals surface area contributed by atoms with Crippen molar-refractivity contribution in [1.29, 1.82) is 0 Å². The smallest absolute Gasteiger partial charge is 0.118 e. The Morgan fingerprint density at radius 3 is 2.93 bits per heavy atom. The summed E-state index contributed by atoms with van der Waals surface area (Å²) < 4.78 is 6.43. The fraction of sp³-hybridized carbons (Fsp3) is 0.273. The third-order valence-corrected chi connectivity index (χ3v) is 3.15. The Bertz CT molecular complexity index is 424. The molecular weight excluding hydrogens is 194 g/mol. The lowest BCUT2D eigenvalue weighted by Crippen LogP contribution is -2.19. The molecule has 74 valence electrons. The van der Waals surface area contributed by atoms with E-state index in [4.69, 9.17) is 4.74 Å². The fourth-order valence-electron chi connectivity index (χ4n) is 1.52. The van der Waals surface area contributed by atoms with E-state index in [1.165, 1.54) is 15.8 Å². The van der Waals surface area contributed by atoms with Gasteiger partial charge in [-0.1, -0.05) is 18.2 Å². The van der Waals surface area contributed by atoms with E-state index < -0.39 is 0 Å². The van der Waals surface area contributed by atoms with Crippen LogP contribution in [0.5, 0.6) is 0 Å². The van der Waals surface area contributed by atoms with Crippen molar-refractivity contribution < 1.29 is 4.74 Å². The van der Waals surface area contributed by atoms with Crippen molar-refractivity contribution in [1.82, 2.24) is 0 Å². The van der Waals surface area contributed by atoms with Gasteiger partial charge in [0.05, 0.1) is 5.69 Å². The summed E-state index contributed by atoms with van der Waals surface area (Å²) in [6, 6.07) is 8.43. The second-order valence-electron chi connectivity index (χ2n) is 3.23. The zero-order valence-corrected chi connectivity index (χ0v) is 9.17. The lowest BCUT2D eigenvalue weighted by molar-refractivity contribution is 0.202. The van der Waals surface area contributed by atoms with Crippen molar-refractivity contribution in [2.45, 2.75) is 0 Å². The van der Waals surface area contributed by atoms with Gasteiger partial charge in [0.25, 0.3) is 0 Å². The molecule has 0 fully saturated rings. The van der Waals surface area contributed by atoms with Crippen molar-refractivity contribution in [2.75, 3.05) is 25.8 Å². The number of methoxy groups -OCH3 is 1. The first-order chi connectivity index (χ1) is 6.83. The minimum atomic E-state index is 0.626. The highest BCUT2D eigenvalue weighted by molar-refractivity contribution is 7.17. The molecule has 2 nitrogen and oxygen atoms in total. The normalized spacial score (nSPS) is 10.7. The third kappa shape index (κ3) is 1.61. The SMILES string of the molecule is COCN(C)c1csc2ccccc12. The molecule has 1 aromatic heterocycles. The molecule has 1 aromatic carbocycles. The number of thiophene rings is 1. The molecule has 0 bridgehead atoms. The summed E-state index contributed by atoms with van der Waals surface area (Å²) in [7, 11) is 3.75. The average Bonchev–Trinajstić information content (AvgIpc) is 2.61. The van der Waals surface area contributed by atoms with E-state index in [0.717, 1.165) is 0 Å². The minimum absolute atomic E-state index is 0.626. The molecule has 0 aliphatic rings. The van der Waals surface area contributed by atoms with Gasteiger partial charge >= 0.3 is 0 Å². The zero-order valence-electron chi connectivity index (χ0n) is 8.36. The van der Waals surface area contributed by atoms with E-state index in [1.807, 2.05) is 7.05 Å². The van der Waals surface area contributed by atoms with Gasteiger partial charge in [0.15, 0.2) is 0 Å². The molecule has 2 aromatic rings. The van der Waals surface area contributed by atoms with E-state index in [2.05, 4.69) is 34.5 Å². The Labute approximate surface area is 87.7 Å². The monoisotopic (exact) mass is 207 g/mol. The molecule has 0 saturated carbocycles. The van der Waals surface area contributed by atoms with Gasteiger partial charge < -0.3 is 9.64 Å². The Hall–Kier alpha value is -1.06. The quantitative estimate of drug-likeness (QED) is 0.717. The Morgan fingerprint density at radius 2 is 2.14 bits per heavy atom. The van der Waals surface area contributed by atoms with E-state index in [-0.39, 0.29) is 0 Å². The lowest BCUT2D eigenvalue weighted by atomic mass is 10.2. The van der Waals surface area contributed by atoms with Crippen LogP contribution in [0.2, 0.25) is 0 Å². The van der Waals surface area contributed by atoms with Crippen molar-refractivity contribution >= 4 is 27.1 Å². The third-order valence-electron chi connectivity index (χ3n) is 2.19. The van der Waals surface area contributed by atoms with Gasteiger partial charge in [-0.05, 0) is 6.07 Å². The maximum atomic E-state index is 5.11. The number of nitrogens with zero attached hydrogens (tertiary/aromatic N) is 1. The highest BCUT2D eigenvalue weighted by Gasteiger charge is 2.06. The maximum absolute atomic E-state index is 5.11. The number of benzene rings is 1. The van der Waals surface area contributed by atoms with E-state index in [1.54, 1.807) is 18.4 Å². The number of hydrogen-bond acceptors (Lipinski definition) is 3. The molecule has 0 aliphatic carbocycles. The number of ether oxygens (including phenoxy) is 1. The van der Waals surface area contributed by atoms with Crippen LogP contribution in [0, 0.1) is 0 Å². The van der Waals surface area contributed by atoms with Crippen LogP contribution in [0.15, 0.2) is 29.6 Å². The number of anilines is 1. The van der Waals surface area contributed by atoms with Crippen LogP contribution in [-0.4, -0.2) is 20.9 Å². The zero-order chi connectivity index (χ0) is 9.97. The summed E-state index contributed by atoms with van der Waals surface area (Å²) in [4.78, 5) is 2.11. The molecule has 0 unspecified atom stereocenters. The van der Waals surface area contributed by atoms with Gasteiger partial charge in [0.1, 0.15) is 6.73 Å². The van der Waals surface area contributed by atoms with Gasteiger partial charge in [0.2, 0.25) is 0 Å². The predicted octanol–water partition coefficient (Wildman–Crippen LogP) is 2.94. The summed E-state index contributed by atoms with van der Waals surface area (Å²) in [6.45, 7) is 0.626. The summed E-state index contributed by atoms with van der Waals surface area (Å²) in [6.07, 6.45) is 0. The summed E-state index contributed by atoms with van der Waals surface area (Å²) in [5.41, 5.74) is 1.24. The first-order valence-electron chi connectivity index (χ1n) is 4.49. The van der Waals surface area contributed by atoms with Crippen molar-refractivity contribution in [3.63, 3.8) is 0 Å². The van der Waals surface area contributed by atoms with Crippen molar-refractivity contribution in [2.24, 2.45) is 0 Å². The van der Waals surface area contributed by atoms with Crippen molar-refractivity contribution in [3.05, 3.63) is 29.6 Å². The molecule has 3 heteroatoms. The molecule has 0 N–H and O–H groups in total. The molecule has 0 spiro atoms. The first-order valence-corrected chi connectivity index (χ1v) is 5.37. The van der Waals surface area contributed by atoms with Crippen LogP contribution < -0.4 is 4.90 Å². The van der Waals surface area contributed by atoms with E-state index in [9.17, 15) is 0 Å². The van der Waals surface area contributed by atoms with Crippen LogP contribution in [0.4, 0.5) is 5.69 Å². The molecule has 0 amide bonds. The van der Waals surface area contributed by atoms with Gasteiger partial charge in [-0.3, -0.25) is 0 Å². The molecule has 1 heterocycles. The Morgan fingerprint density at radius 1 is 1.36 bits per heavy atom. The first kappa shape index (κ1) is 9.49. The minimum Gasteiger partial charge on any atom is -0.364 e. The van der Waals surface area contributed by atoms with Crippen LogP contribution in [0.3, 0.4) is 0 Å². The Kier molecular flexibility index (Phi) is 2.70. The molecule has 14 heavy (non-hydrogen) atoms. The molecule has 0 radical (unpaired) electrons. The standard InChI is InChI=1S/C11H13NOS/c1-12(8-13-2)10-7-14-11-6-4-3-5-9(10)11/h3-7H,8H2,1-2H3. The number of hydrogen-bond donors (Lipinski definition) is 0. The van der Waals surface area contributed by atoms with Gasteiger partial charge in [0, 0.05) is 29.6 Å². The van der Waals surface area contributed by atoms with Crippen LogP contribution in [0.1, 0.15) is 0 Å². The predicted molar refractivity (Wildman–Crippen MR) is 62.1 cm³/mol. The summed E-state index contributed by atoms with van der Waals surface area (Å²) >= 11 is 1.77. The maximum Gasteiger partial charge on any atom is 0.118 e. The van der Waals surface area contributed by atoms with E-state index in [0.29, 0.717) is 6.73 Å². The second kappa shape index (κ2) is 3.98. The van der Waals surface area contributed by atoms with Gasteiger partial charge in [-0.2, -0.15) is 0 Å². The molecule has 0 saturated heterocycles. The second-order valence-corrected chi connectivity index (χ2v) is 4.14. The molecule has 2 rings (SSSR count). The molecule has 0 aliphatic heterocycles. The van der Waals surface area contributed by atoms with Crippen LogP contribution >= 0.6 is 11.3 Å². The van der Waals surface area contributed by atoms with Gasteiger partial charge in [-0.25, -0.2) is 0 Å². The average molecular weight is 207 g/mol. The highest BCUT2D eigenvalue weighted by atomic mass is 32.1. The van der Waals surface area contributed by atoms with E-state index >= 15 is 0 Å². The number of rotatable bonds is 3. The number of fused-ring (bicyclic) bond motifs is 1. The summed E-state index contributed by atoms with van der Waals surface area (Å²) in [5, 5.41) is 3.47. The lowest BCUT2D eigenvalue weighted by Gasteiger charge is -2.16. The molecule has 0 atom stereocenters. The fourth-order valence-corrected chi connectivity index (χ4v) is 2.52.